The van der Waals surface area contributed by atoms with Crippen LogP contribution in [0.1, 0.15) is 26.1 Å². The number of fused-ring (bicyclic) bond motifs is 1. The number of H-pyrrole nitrogens is 1. The fourth-order valence-corrected chi connectivity index (χ4v) is 3.95. The van der Waals surface area contributed by atoms with E-state index in [0.29, 0.717) is 11.8 Å². The van der Waals surface area contributed by atoms with Crippen LogP contribution in [0.15, 0.2) is 36.4 Å². The standard InChI is InChI=1S/C20H24N4/c1-13-9-14(2)12-24(11-13)20-19-18(21-15(3)22-20)10-17(23-19)16-7-5-4-6-8-16/h4-8,10,13-14,23H,9,11-12H2,1-3H3. The highest BCUT2D eigenvalue weighted by molar-refractivity contribution is 5.90. The van der Waals surface area contributed by atoms with E-state index in [4.69, 9.17) is 4.98 Å². The molecule has 24 heavy (non-hydrogen) atoms. The molecule has 1 N–H and O–H groups in total. The van der Waals surface area contributed by atoms with E-state index >= 15 is 0 Å². The van der Waals surface area contributed by atoms with Crippen LogP contribution in [0.2, 0.25) is 0 Å². The highest BCUT2D eigenvalue weighted by Crippen LogP contribution is 2.32. The van der Waals surface area contributed by atoms with E-state index in [1.807, 2.05) is 13.0 Å². The average Bonchev–Trinajstić information content (AvgIpc) is 2.97. The lowest BCUT2D eigenvalue weighted by Crippen LogP contribution is -2.39. The number of hydrogen-bond acceptors (Lipinski definition) is 3. The van der Waals surface area contributed by atoms with Crippen molar-refractivity contribution in [1.29, 1.82) is 0 Å². The molecule has 0 bridgehead atoms. The van der Waals surface area contributed by atoms with Crippen LogP contribution in [-0.2, 0) is 0 Å². The van der Waals surface area contributed by atoms with Gasteiger partial charge in [-0.25, -0.2) is 9.97 Å². The van der Waals surface area contributed by atoms with Gasteiger partial charge in [-0.15, -0.1) is 0 Å². The summed E-state index contributed by atoms with van der Waals surface area (Å²) >= 11 is 0. The lowest BCUT2D eigenvalue weighted by Gasteiger charge is -2.36. The molecule has 3 heterocycles. The van der Waals surface area contributed by atoms with Crippen molar-refractivity contribution in [1.82, 2.24) is 15.0 Å². The maximum absolute atomic E-state index is 4.78. The van der Waals surface area contributed by atoms with Crippen molar-refractivity contribution < 1.29 is 0 Å². The van der Waals surface area contributed by atoms with Gasteiger partial charge in [0.25, 0.3) is 0 Å². The summed E-state index contributed by atoms with van der Waals surface area (Å²) in [5.74, 6) is 3.28. The molecule has 1 aliphatic heterocycles. The summed E-state index contributed by atoms with van der Waals surface area (Å²) in [6, 6.07) is 12.5. The molecular formula is C20H24N4. The number of piperidine rings is 1. The minimum Gasteiger partial charge on any atom is -0.354 e. The van der Waals surface area contributed by atoms with E-state index in [1.165, 1.54) is 12.0 Å². The van der Waals surface area contributed by atoms with Crippen molar-refractivity contribution in [2.75, 3.05) is 18.0 Å². The second-order valence-electron chi connectivity index (χ2n) is 7.25. The molecular weight excluding hydrogens is 296 g/mol. The minimum absolute atomic E-state index is 0.697. The first-order valence-corrected chi connectivity index (χ1v) is 8.78. The molecule has 0 amide bonds. The van der Waals surface area contributed by atoms with Crippen LogP contribution < -0.4 is 4.90 Å². The van der Waals surface area contributed by atoms with Gasteiger partial charge in [0.2, 0.25) is 0 Å². The summed E-state index contributed by atoms with van der Waals surface area (Å²) in [6.07, 6.45) is 1.30. The molecule has 0 saturated carbocycles. The normalized spacial score (nSPS) is 21.4. The summed E-state index contributed by atoms with van der Waals surface area (Å²) in [6.45, 7) is 8.77. The summed E-state index contributed by atoms with van der Waals surface area (Å²) in [5, 5.41) is 0. The first-order valence-electron chi connectivity index (χ1n) is 8.78. The Balaban J connectivity index is 1.82. The molecule has 1 fully saturated rings. The number of aromatic nitrogens is 3. The molecule has 3 aromatic rings. The number of nitrogens with one attached hydrogen (secondary N) is 1. The van der Waals surface area contributed by atoms with Crippen LogP contribution in [-0.4, -0.2) is 28.0 Å². The Morgan fingerprint density at radius 3 is 2.46 bits per heavy atom. The van der Waals surface area contributed by atoms with Crippen LogP contribution in [0, 0.1) is 18.8 Å². The lowest BCUT2D eigenvalue weighted by atomic mass is 9.92. The van der Waals surface area contributed by atoms with E-state index in [2.05, 4.69) is 59.0 Å². The first-order chi connectivity index (χ1) is 11.6. The van der Waals surface area contributed by atoms with Crippen molar-refractivity contribution >= 4 is 16.9 Å². The molecule has 1 aliphatic rings. The van der Waals surface area contributed by atoms with Crippen LogP contribution in [0.4, 0.5) is 5.82 Å². The zero-order valence-corrected chi connectivity index (χ0v) is 14.6. The Morgan fingerprint density at radius 1 is 1.04 bits per heavy atom. The zero-order valence-electron chi connectivity index (χ0n) is 14.6. The second kappa shape index (κ2) is 5.93. The van der Waals surface area contributed by atoms with Gasteiger partial charge in [-0.1, -0.05) is 44.2 Å². The maximum Gasteiger partial charge on any atom is 0.156 e. The predicted octanol–water partition coefficient (Wildman–Crippen LogP) is 4.42. The second-order valence-corrected chi connectivity index (χ2v) is 7.25. The van der Waals surface area contributed by atoms with Gasteiger partial charge < -0.3 is 9.88 Å². The minimum atomic E-state index is 0.697. The fourth-order valence-electron chi connectivity index (χ4n) is 3.95. The third kappa shape index (κ3) is 2.77. The van der Waals surface area contributed by atoms with E-state index in [9.17, 15) is 0 Å². The molecule has 2 atom stereocenters. The molecule has 0 spiro atoms. The highest BCUT2D eigenvalue weighted by atomic mass is 15.2. The molecule has 2 aromatic heterocycles. The fraction of sp³-hybridized carbons (Fsp3) is 0.400. The third-order valence-corrected chi connectivity index (χ3v) is 4.82. The van der Waals surface area contributed by atoms with Crippen molar-refractivity contribution in [3.8, 4) is 11.3 Å². The summed E-state index contributed by atoms with van der Waals surface area (Å²) in [5.41, 5.74) is 4.34. The van der Waals surface area contributed by atoms with Crippen molar-refractivity contribution in [2.24, 2.45) is 11.8 Å². The quantitative estimate of drug-likeness (QED) is 0.760. The van der Waals surface area contributed by atoms with E-state index < -0.39 is 0 Å². The van der Waals surface area contributed by atoms with Gasteiger partial charge in [0.1, 0.15) is 11.3 Å². The largest absolute Gasteiger partial charge is 0.354 e. The van der Waals surface area contributed by atoms with E-state index in [0.717, 1.165) is 41.5 Å². The maximum atomic E-state index is 4.78. The molecule has 0 radical (unpaired) electrons. The van der Waals surface area contributed by atoms with Gasteiger partial charge in [0, 0.05) is 18.8 Å². The van der Waals surface area contributed by atoms with Crippen LogP contribution in [0.5, 0.6) is 0 Å². The average molecular weight is 320 g/mol. The number of nitrogens with zero attached hydrogens (tertiary/aromatic N) is 3. The van der Waals surface area contributed by atoms with Gasteiger partial charge in [0.05, 0.1) is 5.52 Å². The van der Waals surface area contributed by atoms with E-state index in [-0.39, 0.29) is 0 Å². The number of aryl methyl sites for hydroxylation is 1. The van der Waals surface area contributed by atoms with Crippen LogP contribution >= 0.6 is 0 Å². The molecule has 1 aromatic carbocycles. The van der Waals surface area contributed by atoms with Gasteiger partial charge in [0.15, 0.2) is 5.82 Å². The number of rotatable bonds is 2. The van der Waals surface area contributed by atoms with Gasteiger partial charge >= 0.3 is 0 Å². The van der Waals surface area contributed by atoms with Crippen molar-refractivity contribution in [3.05, 3.63) is 42.2 Å². The number of aromatic amines is 1. The van der Waals surface area contributed by atoms with Crippen LogP contribution in [0.3, 0.4) is 0 Å². The highest BCUT2D eigenvalue weighted by Gasteiger charge is 2.25. The Kier molecular flexibility index (Phi) is 3.75. The van der Waals surface area contributed by atoms with Crippen LogP contribution in [0.25, 0.3) is 22.3 Å². The molecule has 2 unspecified atom stereocenters. The Bertz CT molecular complexity index is 843. The third-order valence-electron chi connectivity index (χ3n) is 4.82. The zero-order chi connectivity index (χ0) is 16.7. The van der Waals surface area contributed by atoms with Gasteiger partial charge in [-0.05, 0) is 36.8 Å². The summed E-state index contributed by atoms with van der Waals surface area (Å²) < 4.78 is 0. The molecule has 4 nitrogen and oxygen atoms in total. The number of anilines is 1. The molecule has 124 valence electrons. The molecule has 0 aliphatic carbocycles. The molecule has 4 rings (SSSR count). The lowest BCUT2D eigenvalue weighted by molar-refractivity contribution is 0.355. The molecule has 1 saturated heterocycles. The van der Waals surface area contributed by atoms with Gasteiger partial charge in [-0.3, -0.25) is 0 Å². The SMILES string of the molecule is Cc1nc(N2CC(C)CC(C)C2)c2[nH]c(-c3ccccc3)cc2n1. The predicted molar refractivity (Wildman–Crippen MR) is 99.2 cm³/mol. The monoisotopic (exact) mass is 320 g/mol. The van der Waals surface area contributed by atoms with Crippen molar-refractivity contribution in [3.63, 3.8) is 0 Å². The molecule has 4 heteroatoms. The Hall–Kier alpha value is -2.36. The van der Waals surface area contributed by atoms with E-state index in [1.54, 1.807) is 0 Å². The Morgan fingerprint density at radius 2 is 1.75 bits per heavy atom. The number of benzene rings is 1. The topological polar surface area (TPSA) is 44.8 Å². The number of hydrogen-bond donors (Lipinski definition) is 1. The Labute approximate surface area is 142 Å². The van der Waals surface area contributed by atoms with Gasteiger partial charge in [-0.2, -0.15) is 0 Å². The first kappa shape index (κ1) is 15.2. The summed E-state index contributed by atoms with van der Waals surface area (Å²) in [7, 11) is 0. The smallest absolute Gasteiger partial charge is 0.156 e. The summed E-state index contributed by atoms with van der Waals surface area (Å²) in [4.78, 5) is 15.4. The van der Waals surface area contributed by atoms with Crippen molar-refractivity contribution in [2.45, 2.75) is 27.2 Å².